The van der Waals surface area contributed by atoms with E-state index in [9.17, 15) is 14.4 Å². The number of carbonyl (C=O) groups excluding carboxylic acids is 3. The van der Waals surface area contributed by atoms with E-state index in [1.807, 2.05) is 40.4 Å². The Kier molecular flexibility index (Phi) is 8.89. The molecule has 0 saturated carbocycles. The van der Waals surface area contributed by atoms with Gasteiger partial charge in [-0.25, -0.2) is 15.4 Å². The monoisotopic (exact) mass is 618 g/mol. The molecule has 0 unspecified atom stereocenters. The Bertz CT molecular complexity index is 1730. The van der Waals surface area contributed by atoms with Gasteiger partial charge in [0.25, 0.3) is 0 Å². The maximum Gasteiger partial charge on any atom is 0.243 e. The van der Waals surface area contributed by atoms with Crippen molar-refractivity contribution in [1.29, 1.82) is 0 Å². The van der Waals surface area contributed by atoms with Crippen LogP contribution in [-0.2, 0) is 39.1 Å². The fourth-order valence-corrected chi connectivity index (χ4v) is 5.89. The molecule has 2 saturated heterocycles. The summed E-state index contributed by atoms with van der Waals surface area (Å²) in [6.07, 6.45) is 2.08. The molecular weight excluding hydrogens is 580 g/mol. The van der Waals surface area contributed by atoms with Crippen LogP contribution >= 0.6 is 0 Å². The van der Waals surface area contributed by atoms with Crippen molar-refractivity contribution < 1.29 is 24.3 Å². The third-order valence-electron chi connectivity index (χ3n) is 8.41. The van der Waals surface area contributed by atoms with Crippen molar-refractivity contribution in [3.05, 3.63) is 35.9 Å². The lowest BCUT2D eigenvalue weighted by molar-refractivity contribution is -0.145. The fourth-order valence-electron chi connectivity index (χ4n) is 5.89. The van der Waals surface area contributed by atoms with Gasteiger partial charge in [-0.3, -0.25) is 24.2 Å². The number of rotatable bonds is 10. The van der Waals surface area contributed by atoms with E-state index in [1.54, 1.807) is 15.3 Å². The summed E-state index contributed by atoms with van der Waals surface area (Å²) < 4.78 is 9.54. The summed E-state index contributed by atoms with van der Waals surface area (Å²) in [5.74, 6) is 2.02. The summed E-state index contributed by atoms with van der Waals surface area (Å²) in [5, 5.41) is 8.60. The molecule has 2 aliphatic heterocycles. The average Bonchev–Trinajstić information content (AvgIpc) is 3.60. The van der Waals surface area contributed by atoms with Crippen LogP contribution in [0.4, 0.5) is 5.82 Å². The minimum absolute atomic E-state index is 0.00359. The molecule has 4 aromatic rings. The van der Waals surface area contributed by atoms with E-state index in [4.69, 9.17) is 29.9 Å². The van der Waals surface area contributed by atoms with E-state index >= 15 is 0 Å². The smallest absolute Gasteiger partial charge is 0.243 e. The number of imidazole rings is 2. The second-order valence-electron chi connectivity index (χ2n) is 11.3. The number of carbonyl (C=O) groups is 3. The van der Waals surface area contributed by atoms with Gasteiger partial charge in [0.1, 0.15) is 11.6 Å². The molecule has 238 valence electrons. The first-order valence-corrected chi connectivity index (χ1v) is 15.4. The number of morpholine rings is 1. The molecule has 2 fully saturated rings. The Labute approximate surface area is 259 Å². The Morgan fingerprint density at radius 2 is 1.76 bits per heavy atom. The van der Waals surface area contributed by atoms with Gasteiger partial charge >= 0.3 is 0 Å². The lowest BCUT2D eigenvalue weighted by Gasteiger charge is -2.34. The molecule has 3 amide bonds. The van der Waals surface area contributed by atoms with Gasteiger partial charge in [0.15, 0.2) is 17.0 Å². The standard InChI is InChI=1S/C30H38N10O5/c1-3-22-31-20-8-4-5-9-21(20)40(22)30-33-28-27(29(34-30)37-14-16-45-17-15-37)32-23(36(28)2)18-38-12-13-39(19-26(38)43)25(42)11-7-6-10-24(41)35-44/h4-5,8-9,44H,3,6-7,10-19H2,1-2H3,(H,35,41). The number of para-hydroxylation sites is 2. The number of amides is 3. The number of benzene rings is 1. The van der Waals surface area contributed by atoms with E-state index in [2.05, 4.69) is 11.8 Å². The Morgan fingerprint density at radius 3 is 2.51 bits per heavy atom. The number of unbranched alkanes of at least 4 members (excludes halogenated alkanes) is 1. The number of anilines is 1. The van der Waals surface area contributed by atoms with Crippen LogP contribution in [0, 0.1) is 0 Å². The number of fused-ring (bicyclic) bond motifs is 2. The zero-order chi connectivity index (χ0) is 31.5. The van der Waals surface area contributed by atoms with Crippen molar-refractivity contribution in [3.8, 4) is 5.95 Å². The van der Waals surface area contributed by atoms with E-state index in [-0.39, 0.29) is 37.7 Å². The highest BCUT2D eigenvalue weighted by Crippen LogP contribution is 2.29. The van der Waals surface area contributed by atoms with Crippen LogP contribution in [0.5, 0.6) is 0 Å². The van der Waals surface area contributed by atoms with E-state index < -0.39 is 5.91 Å². The van der Waals surface area contributed by atoms with Gasteiger partial charge in [0.05, 0.1) is 37.3 Å². The van der Waals surface area contributed by atoms with Crippen molar-refractivity contribution in [2.75, 3.05) is 50.8 Å². The van der Waals surface area contributed by atoms with Crippen molar-refractivity contribution in [3.63, 3.8) is 0 Å². The number of hydrogen-bond acceptors (Lipinski definition) is 10. The van der Waals surface area contributed by atoms with Crippen molar-refractivity contribution in [2.45, 2.75) is 45.6 Å². The number of hydroxylamine groups is 1. The highest BCUT2D eigenvalue weighted by Gasteiger charge is 2.29. The molecule has 6 rings (SSSR count). The molecule has 0 aliphatic carbocycles. The van der Waals surface area contributed by atoms with Crippen LogP contribution in [0.15, 0.2) is 24.3 Å². The first-order chi connectivity index (χ1) is 21.9. The predicted molar refractivity (Wildman–Crippen MR) is 164 cm³/mol. The van der Waals surface area contributed by atoms with Gasteiger partial charge in [-0.1, -0.05) is 19.1 Å². The van der Waals surface area contributed by atoms with Gasteiger partial charge in [0, 0.05) is 52.5 Å². The number of nitrogens with zero attached hydrogens (tertiary/aromatic N) is 9. The largest absolute Gasteiger partial charge is 0.378 e. The summed E-state index contributed by atoms with van der Waals surface area (Å²) in [6, 6.07) is 7.95. The number of aromatic nitrogens is 6. The topological polar surface area (TPSA) is 164 Å². The molecule has 2 N–H and O–H groups in total. The molecule has 0 bridgehead atoms. The molecule has 0 radical (unpaired) electrons. The quantitative estimate of drug-likeness (QED) is 0.151. The van der Waals surface area contributed by atoms with E-state index in [0.717, 1.165) is 22.7 Å². The zero-order valence-corrected chi connectivity index (χ0v) is 25.6. The first-order valence-electron chi connectivity index (χ1n) is 15.4. The zero-order valence-electron chi connectivity index (χ0n) is 25.6. The molecular formula is C30H38N10O5. The third-order valence-corrected chi connectivity index (χ3v) is 8.41. The Morgan fingerprint density at radius 1 is 0.978 bits per heavy atom. The van der Waals surface area contributed by atoms with E-state index in [0.29, 0.717) is 81.6 Å². The molecule has 2 aliphatic rings. The minimum atomic E-state index is -0.478. The highest BCUT2D eigenvalue weighted by molar-refractivity contribution is 5.87. The number of hydrogen-bond donors (Lipinski definition) is 2. The van der Waals surface area contributed by atoms with Crippen molar-refractivity contribution in [2.24, 2.45) is 7.05 Å². The molecule has 1 aromatic carbocycles. The van der Waals surface area contributed by atoms with Crippen LogP contribution in [0.25, 0.3) is 28.1 Å². The van der Waals surface area contributed by atoms with Gasteiger partial charge in [-0.2, -0.15) is 9.97 Å². The first kappa shape index (κ1) is 30.4. The summed E-state index contributed by atoms with van der Waals surface area (Å²) in [4.78, 5) is 62.4. The van der Waals surface area contributed by atoms with Crippen LogP contribution in [-0.4, -0.2) is 108 Å². The Balaban J connectivity index is 1.25. The number of ether oxygens (including phenoxy) is 1. The maximum atomic E-state index is 13.2. The normalized spacial score (nSPS) is 15.8. The van der Waals surface area contributed by atoms with Crippen LogP contribution in [0.1, 0.15) is 44.3 Å². The Hall–Kier alpha value is -4.63. The number of aryl methyl sites for hydroxylation is 2. The van der Waals surface area contributed by atoms with Gasteiger partial charge in [-0.15, -0.1) is 0 Å². The minimum Gasteiger partial charge on any atom is -0.378 e. The summed E-state index contributed by atoms with van der Waals surface area (Å²) in [5.41, 5.74) is 4.72. The molecule has 15 heteroatoms. The third kappa shape index (κ3) is 6.17. The van der Waals surface area contributed by atoms with Crippen LogP contribution in [0.3, 0.4) is 0 Å². The second-order valence-corrected chi connectivity index (χ2v) is 11.3. The molecule has 3 aromatic heterocycles. The van der Waals surface area contributed by atoms with Gasteiger partial charge in [-0.05, 0) is 25.0 Å². The molecule has 5 heterocycles. The number of piperazine rings is 1. The fraction of sp³-hybridized carbons (Fsp3) is 0.500. The van der Waals surface area contributed by atoms with Gasteiger partial charge in [0.2, 0.25) is 23.7 Å². The van der Waals surface area contributed by atoms with Crippen molar-refractivity contribution >= 4 is 45.7 Å². The molecule has 15 nitrogen and oxygen atoms in total. The molecule has 0 spiro atoms. The molecule has 45 heavy (non-hydrogen) atoms. The number of nitrogens with one attached hydrogen (secondary N) is 1. The lowest BCUT2D eigenvalue weighted by atomic mass is 10.1. The highest BCUT2D eigenvalue weighted by atomic mass is 16.5. The lowest BCUT2D eigenvalue weighted by Crippen LogP contribution is -2.52. The SMILES string of the molecule is CCc1nc2ccccc2n1-c1nc(N2CCOCC2)c2nc(CN3CCN(C(=O)CCCCC(=O)NO)CC3=O)n(C)c2n1. The molecule has 0 atom stereocenters. The summed E-state index contributed by atoms with van der Waals surface area (Å²) >= 11 is 0. The summed E-state index contributed by atoms with van der Waals surface area (Å²) in [6.45, 7) is 5.65. The predicted octanol–water partition coefficient (Wildman–Crippen LogP) is 1.34. The maximum absolute atomic E-state index is 13.2. The summed E-state index contributed by atoms with van der Waals surface area (Å²) in [7, 11) is 1.90. The second kappa shape index (κ2) is 13.2. The van der Waals surface area contributed by atoms with Crippen LogP contribution < -0.4 is 10.4 Å². The van der Waals surface area contributed by atoms with Crippen LogP contribution in [0.2, 0.25) is 0 Å². The van der Waals surface area contributed by atoms with E-state index in [1.165, 1.54) is 0 Å². The van der Waals surface area contributed by atoms with Crippen molar-refractivity contribution in [1.82, 2.24) is 44.4 Å². The van der Waals surface area contributed by atoms with Gasteiger partial charge < -0.3 is 24.0 Å². The average molecular weight is 619 g/mol.